The summed E-state index contributed by atoms with van der Waals surface area (Å²) < 4.78 is 0. The van der Waals surface area contributed by atoms with E-state index in [1.165, 1.54) is 22.5 Å². The van der Waals surface area contributed by atoms with Crippen LogP contribution in [0.1, 0.15) is 20.8 Å². The van der Waals surface area contributed by atoms with Gasteiger partial charge in [0.1, 0.15) is 4.88 Å². The third-order valence-corrected chi connectivity index (χ3v) is 4.17. The minimum Gasteiger partial charge on any atom is -0.397 e. The molecule has 2 aromatic rings. The van der Waals surface area contributed by atoms with Gasteiger partial charge in [0.25, 0.3) is 5.91 Å². The highest BCUT2D eigenvalue weighted by Gasteiger charge is 2.13. The Bertz CT molecular complexity index is 589. The Morgan fingerprint density at radius 2 is 1.95 bits per heavy atom. The Hall–Kier alpha value is -2.01. The quantitative estimate of drug-likeness (QED) is 0.899. The van der Waals surface area contributed by atoms with Crippen molar-refractivity contribution in [2.75, 3.05) is 17.7 Å². The van der Waals surface area contributed by atoms with E-state index in [1.807, 2.05) is 7.05 Å². The van der Waals surface area contributed by atoms with E-state index in [-0.39, 0.29) is 0 Å². The molecule has 19 heavy (non-hydrogen) atoms. The molecule has 1 aromatic carbocycles. The number of amides is 1. The van der Waals surface area contributed by atoms with E-state index >= 15 is 0 Å². The zero-order valence-corrected chi connectivity index (χ0v) is 11.8. The highest BCUT2D eigenvalue weighted by molar-refractivity contribution is 7.18. The van der Waals surface area contributed by atoms with E-state index in [4.69, 9.17) is 11.5 Å². The average Bonchev–Trinajstić information content (AvgIpc) is 2.74. The molecule has 0 radical (unpaired) electrons. The minimum absolute atomic E-state index is 0.422. The fourth-order valence-corrected chi connectivity index (χ4v) is 2.71. The van der Waals surface area contributed by atoms with Crippen molar-refractivity contribution in [3.05, 3.63) is 46.3 Å². The van der Waals surface area contributed by atoms with Gasteiger partial charge in [0.05, 0.1) is 10.7 Å². The first kappa shape index (κ1) is 13.4. The number of carbonyl (C=O) groups excluding carboxylic acids is 1. The molecule has 0 unspecified atom stereocenters. The van der Waals surface area contributed by atoms with Gasteiger partial charge in [0.2, 0.25) is 0 Å². The van der Waals surface area contributed by atoms with Crippen LogP contribution in [-0.4, -0.2) is 13.0 Å². The Morgan fingerprint density at radius 3 is 2.47 bits per heavy atom. The molecule has 0 bridgehead atoms. The Kier molecular flexibility index (Phi) is 3.76. The first-order chi connectivity index (χ1) is 8.97. The molecule has 1 amide bonds. The monoisotopic (exact) mass is 275 g/mol. The molecule has 0 spiro atoms. The van der Waals surface area contributed by atoms with Crippen LogP contribution in [0.4, 0.5) is 10.7 Å². The second-order valence-electron chi connectivity index (χ2n) is 4.58. The van der Waals surface area contributed by atoms with Gasteiger partial charge in [-0.05, 0) is 18.6 Å². The molecule has 1 heterocycles. The molecule has 4 N–H and O–H groups in total. The maximum absolute atomic E-state index is 11.2. The minimum atomic E-state index is -0.475. The number of anilines is 2. The Labute approximate surface area is 116 Å². The van der Waals surface area contributed by atoms with Gasteiger partial charge < -0.3 is 16.4 Å². The third kappa shape index (κ3) is 3.06. The summed E-state index contributed by atoms with van der Waals surface area (Å²) in [6.07, 6.45) is 0. The second kappa shape index (κ2) is 5.32. The molecule has 0 saturated carbocycles. The second-order valence-corrected chi connectivity index (χ2v) is 5.61. The number of benzene rings is 1. The number of rotatable bonds is 4. The molecular weight excluding hydrogens is 258 g/mol. The molecule has 5 heteroatoms. The zero-order valence-electron chi connectivity index (χ0n) is 11.0. The lowest BCUT2D eigenvalue weighted by atomic mass is 10.1. The van der Waals surface area contributed by atoms with Gasteiger partial charge in [-0.1, -0.05) is 29.8 Å². The van der Waals surface area contributed by atoms with Crippen molar-refractivity contribution in [3.8, 4) is 0 Å². The fourth-order valence-electron chi connectivity index (χ4n) is 1.82. The van der Waals surface area contributed by atoms with Crippen molar-refractivity contribution >= 4 is 27.9 Å². The predicted molar refractivity (Wildman–Crippen MR) is 80.5 cm³/mol. The normalized spacial score (nSPS) is 10.4. The largest absolute Gasteiger partial charge is 0.397 e. The molecule has 4 nitrogen and oxygen atoms in total. The molecule has 0 aliphatic carbocycles. The maximum Gasteiger partial charge on any atom is 0.260 e. The Morgan fingerprint density at radius 1 is 1.32 bits per heavy atom. The highest BCUT2D eigenvalue weighted by Crippen LogP contribution is 2.31. The first-order valence-electron chi connectivity index (χ1n) is 5.93. The van der Waals surface area contributed by atoms with Gasteiger partial charge >= 0.3 is 0 Å². The van der Waals surface area contributed by atoms with Crippen molar-refractivity contribution in [1.29, 1.82) is 0 Å². The molecule has 2 rings (SSSR count). The summed E-state index contributed by atoms with van der Waals surface area (Å²) in [4.78, 5) is 13.7. The van der Waals surface area contributed by atoms with Crippen LogP contribution in [0.5, 0.6) is 0 Å². The van der Waals surface area contributed by atoms with Gasteiger partial charge in [0.15, 0.2) is 0 Å². The SMILES string of the molecule is Cc1ccc(CN(C)c2cc(N)c(C(N)=O)s2)cc1. The number of hydrogen-bond donors (Lipinski definition) is 2. The van der Waals surface area contributed by atoms with Gasteiger partial charge in [-0.2, -0.15) is 0 Å². The highest BCUT2D eigenvalue weighted by atomic mass is 32.1. The van der Waals surface area contributed by atoms with Gasteiger partial charge in [-0.25, -0.2) is 0 Å². The van der Waals surface area contributed by atoms with Crippen molar-refractivity contribution in [1.82, 2.24) is 0 Å². The van der Waals surface area contributed by atoms with Gasteiger partial charge in [-0.15, -0.1) is 11.3 Å². The maximum atomic E-state index is 11.2. The summed E-state index contributed by atoms with van der Waals surface area (Å²) in [6, 6.07) is 10.1. The topological polar surface area (TPSA) is 72.3 Å². The molecule has 0 saturated heterocycles. The number of nitrogens with zero attached hydrogens (tertiary/aromatic N) is 1. The molecule has 1 aromatic heterocycles. The van der Waals surface area contributed by atoms with E-state index in [0.29, 0.717) is 10.6 Å². The van der Waals surface area contributed by atoms with Crippen LogP contribution in [0.2, 0.25) is 0 Å². The van der Waals surface area contributed by atoms with Gasteiger partial charge in [0, 0.05) is 13.6 Å². The van der Waals surface area contributed by atoms with Crippen LogP contribution in [0, 0.1) is 6.92 Å². The number of hydrogen-bond acceptors (Lipinski definition) is 4. The van der Waals surface area contributed by atoms with Gasteiger partial charge in [-0.3, -0.25) is 4.79 Å². The third-order valence-electron chi connectivity index (χ3n) is 2.89. The fraction of sp³-hybridized carbons (Fsp3) is 0.214. The van der Waals surface area contributed by atoms with Crippen molar-refractivity contribution in [2.45, 2.75) is 13.5 Å². The summed E-state index contributed by atoms with van der Waals surface area (Å²) >= 11 is 1.32. The lowest BCUT2D eigenvalue weighted by Gasteiger charge is -2.17. The number of aryl methyl sites for hydroxylation is 1. The van der Waals surface area contributed by atoms with E-state index in [1.54, 1.807) is 6.07 Å². The summed E-state index contributed by atoms with van der Waals surface area (Å²) in [5.41, 5.74) is 13.9. The number of carbonyl (C=O) groups is 1. The van der Waals surface area contributed by atoms with E-state index in [2.05, 4.69) is 36.1 Å². The average molecular weight is 275 g/mol. The number of primary amides is 1. The van der Waals surface area contributed by atoms with Crippen molar-refractivity contribution in [3.63, 3.8) is 0 Å². The van der Waals surface area contributed by atoms with E-state index in [9.17, 15) is 4.79 Å². The summed E-state index contributed by atoms with van der Waals surface area (Å²) in [5, 5.41) is 0.937. The standard InChI is InChI=1S/C14H17N3OS/c1-9-3-5-10(6-4-9)8-17(2)12-7-11(15)13(19-12)14(16)18/h3-7H,8,15H2,1-2H3,(H2,16,18). The van der Waals surface area contributed by atoms with Crippen LogP contribution in [-0.2, 0) is 6.54 Å². The van der Waals surface area contributed by atoms with Crippen LogP contribution >= 0.6 is 11.3 Å². The first-order valence-corrected chi connectivity index (χ1v) is 6.75. The summed E-state index contributed by atoms with van der Waals surface area (Å²) in [6.45, 7) is 2.82. The predicted octanol–water partition coefficient (Wildman–Crippen LogP) is 2.37. The van der Waals surface area contributed by atoms with Crippen LogP contribution in [0.3, 0.4) is 0 Å². The van der Waals surface area contributed by atoms with Crippen LogP contribution < -0.4 is 16.4 Å². The van der Waals surface area contributed by atoms with Crippen molar-refractivity contribution < 1.29 is 4.79 Å². The smallest absolute Gasteiger partial charge is 0.260 e. The van der Waals surface area contributed by atoms with Crippen LogP contribution in [0.25, 0.3) is 0 Å². The number of nitrogen functional groups attached to an aromatic ring is 1. The molecule has 0 fully saturated rings. The lowest BCUT2D eigenvalue weighted by Crippen LogP contribution is -2.15. The summed E-state index contributed by atoms with van der Waals surface area (Å²) in [7, 11) is 1.97. The summed E-state index contributed by atoms with van der Waals surface area (Å²) in [5.74, 6) is -0.475. The Balaban J connectivity index is 2.15. The molecule has 0 aliphatic heterocycles. The van der Waals surface area contributed by atoms with Crippen LogP contribution in [0.15, 0.2) is 30.3 Å². The lowest BCUT2D eigenvalue weighted by molar-refractivity contribution is 0.100. The number of nitrogens with two attached hydrogens (primary N) is 2. The molecule has 100 valence electrons. The molecular formula is C14H17N3OS. The van der Waals surface area contributed by atoms with Crippen molar-refractivity contribution in [2.24, 2.45) is 5.73 Å². The number of thiophene rings is 1. The zero-order chi connectivity index (χ0) is 14.0. The van der Waals surface area contributed by atoms with E-state index in [0.717, 1.165) is 11.5 Å². The molecule has 0 atom stereocenters. The van der Waals surface area contributed by atoms with E-state index < -0.39 is 5.91 Å². The molecule has 0 aliphatic rings.